The zero-order valence-electron chi connectivity index (χ0n) is 15.8. The third-order valence-electron chi connectivity index (χ3n) is 4.24. The summed E-state index contributed by atoms with van der Waals surface area (Å²) in [7, 11) is 0. The molecule has 2 saturated heterocycles. The second kappa shape index (κ2) is 11.6. The number of nitrogens with two attached hydrogens (primary N) is 1. The Balaban J connectivity index is 0.000000208. The maximum absolute atomic E-state index is 5.61. The lowest BCUT2D eigenvalue weighted by atomic mass is 10.1. The van der Waals surface area contributed by atoms with E-state index < -0.39 is 0 Å². The molecule has 0 aliphatic carbocycles. The first-order chi connectivity index (χ1) is 12.2. The highest BCUT2D eigenvalue weighted by Gasteiger charge is 2.25. The molecule has 1 aromatic rings. The molecule has 0 amide bonds. The van der Waals surface area contributed by atoms with Crippen molar-refractivity contribution in [2.24, 2.45) is 11.7 Å². The van der Waals surface area contributed by atoms with Gasteiger partial charge in [-0.3, -0.25) is 0 Å². The minimum atomic E-state index is 0.503. The Morgan fingerprint density at radius 3 is 2.28 bits per heavy atom. The zero-order valence-corrected chi connectivity index (χ0v) is 15.8. The van der Waals surface area contributed by atoms with Crippen LogP contribution in [0.4, 0.5) is 0 Å². The summed E-state index contributed by atoms with van der Waals surface area (Å²) in [6.45, 7) is 11.1. The van der Waals surface area contributed by atoms with Crippen molar-refractivity contribution in [1.29, 1.82) is 0 Å². The number of epoxide rings is 2. The number of ether oxygens (including phenoxy) is 2. The van der Waals surface area contributed by atoms with Gasteiger partial charge in [0.25, 0.3) is 0 Å². The van der Waals surface area contributed by atoms with E-state index in [1.165, 1.54) is 24.0 Å². The topological polar surface area (TPSA) is 75.1 Å². The van der Waals surface area contributed by atoms with Gasteiger partial charge in [-0.15, -0.1) is 0 Å². The zero-order chi connectivity index (χ0) is 17.9. The molecule has 5 nitrogen and oxygen atoms in total. The second-order valence-corrected chi connectivity index (χ2v) is 7.31. The summed E-state index contributed by atoms with van der Waals surface area (Å²) < 4.78 is 10.0. The van der Waals surface area contributed by atoms with Crippen LogP contribution in [0, 0.1) is 5.92 Å². The smallest absolute Gasteiger partial charge is 0.0933 e. The summed E-state index contributed by atoms with van der Waals surface area (Å²) in [5, 5.41) is 6.73. The maximum Gasteiger partial charge on any atom is 0.0933 e. The molecule has 2 fully saturated rings. The van der Waals surface area contributed by atoms with Crippen LogP contribution in [0.25, 0.3) is 0 Å². The van der Waals surface area contributed by atoms with Crippen LogP contribution in [0.2, 0.25) is 0 Å². The first-order valence-corrected chi connectivity index (χ1v) is 9.60. The molecule has 0 bridgehead atoms. The van der Waals surface area contributed by atoms with Gasteiger partial charge in [-0.05, 0) is 36.4 Å². The van der Waals surface area contributed by atoms with E-state index in [2.05, 4.69) is 48.7 Å². The Bertz CT molecular complexity index is 462. The molecule has 2 atom stereocenters. The summed E-state index contributed by atoms with van der Waals surface area (Å²) in [4.78, 5) is 0. The highest BCUT2D eigenvalue weighted by atomic mass is 16.6. The SMILES string of the molecule is C(NCC1CO1)C1CO1.CC(C)CCCNCc1cccc(CN)c1. The molecule has 2 aliphatic rings. The fourth-order valence-corrected chi connectivity index (χ4v) is 2.51. The molecule has 2 aliphatic heterocycles. The maximum atomic E-state index is 5.61. The van der Waals surface area contributed by atoms with Crippen molar-refractivity contribution in [2.75, 3.05) is 32.8 Å². The van der Waals surface area contributed by atoms with Gasteiger partial charge in [0.15, 0.2) is 0 Å². The van der Waals surface area contributed by atoms with Crippen LogP contribution in [0.1, 0.15) is 37.8 Å². The Kier molecular flexibility index (Phi) is 9.43. The average Bonchev–Trinajstić information content (AvgIpc) is 3.51. The summed E-state index contributed by atoms with van der Waals surface area (Å²) >= 11 is 0. The van der Waals surface area contributed by atoms with Crippen molar-refractivity contribution in [1.82, 2.24) is 10.6 Å². The highest BCUT2D eigenvalue weighted by Crippen LogP contribution is 2.09. The van der Waals surface area contributed by atoms with Crippen molar-refractivity contribution in [3.05, 3.63) is 35.4 Å². The predicted octanol–water partition coefficient (Wildman–Crippen LogP) is 2.04. The first kappa shape index (κ1) is 20.3. The van der Waals surface area contributed by atoms with E-state index in [1.54, 1.807) is 0 Å². The molecule has 0 radical (unpaired) electrons. The number of hydrogen-bond acceptors (Lipinski definition) is 5. The number of hydrogen-bond donors (Lipinski definition) is 3. The largest absolute Gasteiger partial charge is 0.372 e. The van der Waals surface area contributed by atoms with Gasteiger partial charge in [0.05, 0.1) is 25.4 Å². The molecule has 0 spiro atoms. The number of benzene rings is 1. The fraction of sp³-hybridized carbons (Fsp3) is 0.700. The van der Waals surface area contributed by atoms with Crippen LogP contribution in [0.3, 0.4) is 0 Å². The van der Waals surface area contributed by atoms with Crippen LogP contribution >= 0.6 is 0 Å². The molecule has 25 heavy (non-hydrogen) atoms. The van der Waals surface area contributed by atoms with Crippen LogP contribution < -0.4 is 16.4 Å². The monoisotopic (exact) mass is 349 g/mol. The summed E-state index contributed by atoms with van der Waals surface area (Å²) in [6, 6.07) is 8.47. The van der Waals surface area contributed by atoms with E-state index in [0.29, 0.717) is 18.8 Å². The average molecular weight is 350 g/mol. The van der Waals surface area contributed by atoms with Gasteiger partial charge in [-0.1, -0.05) is 38.1 Å². The van der Waals surface area contributed by atoms with Crippen molar-refractivity contribution in [3.63, 3.8) is 0 Å². The minimum Gasteiger partial charge on any atom is -0.372 e. The fourth-order valence-electron chi connectivity index (χ4n) is 2.51. The third kappa shape index (κ3) is 10.6. The van der Waals surface area contributed by atoms with Gasteiger partial charge in [0.2, 0.25) is 0 Å². The minimum absolute atomic E-state index is 0.503. The van der Waals surface area contributed by atoms with E-state index in [4.69, 9.17) is 15.2 Å². The second-order valence-electron chi connectivity index (χ2n) is 7.31. The van der Waals surface area contributed by atoms with E-state index in [-0.39, 0.29) is 0 Å². The summed E-state index contributed by atoms with van der Waals surface area (Å²) in [5.74, 6) is 0.808. The van der Waals surface area contributed by atoms with Gasteiger partial charge in [0.1, 0.15) is 0 Å². The van der Waals surface area contributed by atoms with E-state index in [1.807, 2.05) is 0 Å². The molecule has 4 N–H and O–H groups in total. The van der Waals surface area contributed by atoms with Crippen molar-refractivity contribution in [3.8, 4) is 0 Å². The number of nitrogens with one attached hydrogen (secondary N) is 2. The highest BCUT2D eigenvalue weighted by molar-refractivity contribution is 5.23. The molecule has 5 heteroatoms. The van der Waals surface area contributed by atoms with Crippen LogP contribution in [0.15, 0.2) is 24.3 Å². The van der Waals surface area contributed by atoms with Crippen LogP contribution in [-0.2, 0) is 22.6 Å². The Hall–Kier alpha value is -0.980. The lowest BCUT2D eigenvalue weighted by Gasteiger charge is -2.07. The summed E-state index contributed by atoms with van der Waals surface area (Å²) in [5.41, 5.74) is 8.14. The molecular formula is C20H35N3O2. The lowest BCUT2D eigenvalue weighted by Crippen LogP contribution is -2.24. The molecule has 142 valence electrons. The van der Waals surface area contributed by atoms with Crippen molar-refractivity contribution < 1.29 is 9.47 Å². The van der Waals surface area contributed by atoms with Crippen LogP contribution in [0.5, 0.6) is 0 Å². The molecule has 0 aromatic heterocycles. The molecule has 0 saturated carbocycles. The van der Waals surface area contributed by atoms with Gasteiger partial charge in [-0.2, -0.15) is 0 Å². The molecule has 2 heterocycles. The molecular weight excluding hydrogens is 314 g/mol. The Labute approximate surface area is 152 Å². The van der Waals surface area contributed by atoms with Gasteiger partial charge in [-0.25, -0.2) is 0 Å². The van der Waals surface area contributed by atoms with Gasteiger partial charge >= 0.3 is 0 Å². The Morgan fingerprint density at radius 1 is 1.08 bits per heavy atom. The Morgan fingerprint density at radius 2 is 1.72 bits per heavy atom. The van der Waals surface area contributed by atoms with Gasteiger partial charge < -0.3 is 25.8 Å². The summed E-state index contributed by atoms with van der Waals surface area (Å²) in [6.07, 6.45) is 3.57. The first-order valence-electron chi connectivity index (χ1n) is 9.60. The predicted molar refractivity (Wildman–Crippen MR) is 102 cm³/mol. The van der Waals surface area contributed by atoms with Gasteiger partial charge in [0, 0.05) is 26.2 Å². The third-order valence-corrected chi connectivity index (χ3v) is 4.24. The normalized spacial score (nSPS) is 21.0. The molecule has 2 unspecified atom stereocenters. The molecule has 1 aromatic carbocycles. The van der Waals surface area contributed by atoms with Crippen molar-refractivity contribution in [2.45, 2.75) is 52.0 Å². The number of rotatable bonds is 11. The van der Waals surface area contributed by atoms with E-state index >= 15 is 0 Å². The quantitative estimate of drug-likeness (QED) is 0.421. The van der Waals surface area contributed by atoms with Crippen LogP contribution in [-0.4, -0.2) is 45.1 Å². The standard InChI is InChI=1S/C14H24N2.C6H11NO2/c1-12(2)5-4-8-16-11-14-7-3-6-13(9-14)10-15;1(5-3-8-5)7-2-6-4-9-6/h3,6-7,9,12,16H,4-5,8,10-11,15H2,1-2H3;5-7H,1-4H2. The lowest BCUT2D eigenvalue weighted by molar-refractivity contribution is 0.373. The van der Waals surface area contributed by atoms with Crippen molar-refractivity contribution >= 4 is 0 Å². The molecule has 3 rings (SSSR count). The van der Waals surface area contributed by atoms with E-state index in [0.717, 1.165) is 45.3 Å². The van der Waals surface area contributed by atoms with E-state index in [9.17, 15) is 0 Å².